The lowest BCUT2D eigenvalue weighted by Gasteiger charge is -2.21. The zero-order valence-electron chi connectivity index (χ0n) is 20.6. The summed E-state index contributed by atoms with van der Waals surface area (Å²) in [4.78, 5) is 8.73. The molecule has 1 aliphatic heterocycles. The molecule has 0 radical (unpaired) electrons. The highest BCUT2D eigenvalue weighted by molar-refractivity contribution is 6.20. The number of fused-ring (bicyclic) bond motifs is 2. The molecule has 0 spiro atoms. The predicted molar refractivity (Wildman–Crippen MR) is 150 cm³/mol. The second kappa shape index (κ2) is 8.25. The van der Waals surface area contributed by atoms with Crippen molar-refractivity contribution in [3.63, 3.8) is 0 Å². The molecular weight excluding hydrogens is 424 g/mol. The molecule has 2 heteroatoms. The Bertz CT molecular complexity index is 1650. The molecule has 2 nitrogen and oxygen atoms in total. The molecular formula is C33H28N2. The Kier molecular flexibility index (Phi) is 5.04. The average Bonchev–Trinajstić information content (AvgIpc) is 3.38. The Morgan fingerprint density at radius 2 is 1.26 bits per heavy atom. The minimum atomic E-state index is 1.05. The molecule has 1 aliphatic rings. The SMILES string of the molecule is CC1=CC(C)=N/C1=C(/c1[nH]c(C)cc1C)c1c2ccccc2c(-c2ccccc2)c2ccccc12. The van der Waals surface area contributed by atoms with E-state index in [1.165, 1.54) is 54.9 Å². The van der Waals surface area contributed by atoms with Crippen LogP contribution in [-0.2, 0) is 0 Å². The summed E-state index contributed by atoms with van der Waals surface area (Å²) < 4.78 is 0. The third-order valence-corrected chi connectivity index (χ3v) is 6.97. The van der Waals surface area contributed by atoms with Crippen molar-refractivity contribution in [1.82, 2.24) is 4.98 Å². The molecule has 0 saturated heterocycles. The number of H-pyrrole nitrogens is 1. The fraction of sp³-hybridized carbons (Fsp3) is 0.121. The van der Waals surface area contributed by atoms with E-state index in [1.54, 1.807) is 0 Å². The monoisotopic (exact) mass is 452 g/mol. The predicted octanol–water partition coefficient (Wildman–Crippen LogP) is 8.79. The molecule has 0 amide bonds. The van der Waals surface area contributed by atoms with Gasteiger partial charge in [0.25, 0.3) is 0 Å². The fourth-order valence-corrected chi connectivity index (χ4v) is 5.60. The van der Waals surface area contributed by atoms with E-state index in [9.17, 15) is 0 Å². The molecule has 35 heavy (non-hydrogen) atoms. The van der Waals surface area contributed by atoms with Gasteiger partial charge < -0.3 is 4.98 Å². The van der Waals surface area contributed by atoms with Gasteiger partial charge in [-0.2, -0.15) is 0 Å². The number of allylic oxidation sites excluding steroid dienone is 2. The van der Waals surface area contributed by atoms with Crippen LogP contribution < -0.4 is 0 Å². The summed E-state index contributed by atoms with van der Waals surface area (Å²) in [6.07, 6.45) is 2.18. The molecule has 4 aromatic carbocycles. The zero-order chi connectivity index (χ0) is 24.1. The van der Waals surface area contributed by atoms with E-state index in [-0.39, 0.29) is 0 Å². The van der Waals surface area contributed by atoms with Gasteiger partial charge in [0.2, 0.25) is 0 Å². The van der Waals surface area contributed by atoms with Crippen molar-refractivity contribution in [2.24, 2.45) is 4.99 Å². The highest BCUT2D eigenvalue weighted by atomic mass is 14.8. The number of aromatic amines is 1. The summed E-state index contributed by atoms with van der Waals surface area (Å²) in [6.45, 7) is 8.56. The fourth-order valence-electron chi connectivity index (χ4n) is 5.60. The molecule has 1 aromatic heterocycles. The van der Waals surface area contributed by atoms with E-state index in [2.05, 4.69) is 124 Å². The first-order chi connectivity index (χ1) is 17.0. The van der Waals surface area contributed by atoms with E-state index in [1.807, 2.05) is 0 Å². The van der Waals surface area contributed by atoms with Crippen LogP contribution in [0, 0.1) is 13.8 Å². The quantitative estimate of drug-likeness (QED) is 0.265. The maximum Gasteiger partial charge on any atom is 0.0762 e. The first-order valence-corrected chi connectivity index (χ1v) is 12.2. The van der Waals surface area contributed by atoms with Crippen molar-refractivity contribution in [2.45, 2.75) is 27.7 Å². The second-order valence-corrected chi connectivity index (χ2v) is 9.52. The van der Waals surface area contributed by atoms with Gasteiger partial charge >= 0.3 is 0 Å². The van der Waals surface area contributed by atoms with Crippen LogP contribution in [0.25, 0.3) is 38.2 Å². The molecule has 5 aromatic rings. The Hall–Kier alpha value is -4.17. The van der Waals surface area contributed by atoms with Gasteiger partial charge in [-0.25, -0.2) is 0 Å². The summed E-state index contributed by atoms with van der Waals surface area (Å²) in [7, 11) is 0. The summed E-state index contributed by atoms with van der Waals surface area (Å²) in [5.74, 6) is 0. The molecule has 6 rings (SSSR count). The molecule has 170 valence electrons. The van der Waals surface area contributed by atoms with Crippen LogP contribution in [0.15, 0.2) is 107 Å². The number of aliphatic imine (C=N–C) groups is 1. The maximum absolute atomic E-state index is 5.05. The number of hydrogen-bond donors (Lipinski definition) is 1. The summed E-state index contributed by atoms with van der Waals surface area (Å²) >= 11 is 0. The third-order valence-electron chi connectivity index (χ3n) is 6.97. The number of aryl methyl sites for hydroxylation is 2. The van der Waals surface area contributed by atoms with E-state index in [0.717, 1.165) is 22.8 Å². The molecule has 2 heterocycles. The summed E-state index contributed by atoms with van der Waals surface area (Å²) in [5.41, 5.74) is 11.8. The van der Waals surface area contributed by atoms with Gasteiger partial charge in [0.15, 0.2) is 0 Å². The molecule has 1 N–H and O–H groups in total. The van der Waals surface area contributed by atoms with E-state index < -0.39 is 0 Å². The number of nitrogens with one attached hydrogen (secondary N) is 1. The number of hydrogen-bond acceptors (Lipinski definition) is 1. The van der Waals surface area contributed by atoms with Crippen LogP contribution in [0.3, 0.4) is 0 Å². The number of aromatic nitrogens is 1. The molecule has 0 aliphatic carbocycles. The first kappa shape index (κ1) is 21.4. The highest BCUT2D eigenvalue weighted by Crippen LogP contribution is 2.45. The average molecular weight is 453 g/mol. The lowest BCUT2D eigenvalue weighted by atomic mass is 9.83. The van der Waals surface area contributed by atoms with E-state index >= 15 is 0 Å². The maximum atomic E-state index is 5.05. The Labute approximate surface area is 206 Å². The first-order valence-electron chi connectivity index (χ1n) is 12.2. The largest absolute Gasteiger partial charge is 0.358 e. The molecule has 0 bridgehead atoms. The molecule has 0 unspecified atom stereocenters. The van der Waals surface area contributed by atoms with Gasteiger partial charge in [-0.3, -0.25) is 4.99 Å². The Morgan fingerprint density at radius 3 is 1.77 bits per heavy atom. The van der Waals surface area contributed by atoms with Gasteiger partial charge in [-0.05, 0) is 83.6 Å². The van der Waals surface area contributed by atoms with Gasteiger partial charge in [0, 0.05) is 22.5 Å². The minimum absolute atomic E-state index is 1.05. The standard InChI is InChI=1S/C33H28N2/c1-20-18-22(3)34-32(20)31(33-21(2)19-23(4)35-33)30-27-16-10-8-14-25(27)29(24-12-6-5-7-13-24)26-15-9-11-17-28(26)30/h5-19,34H,1-4H3/b33-31+. The van der Waals surface area contributed by atoms with Crippen LogP contribution in [0.2, 0.25) is 0 Å². The molecule has 0 atom stereocenters. The van der Waals surface area contributed by atoms with Crippen LogP contribution in [0.4, 0.5) is 0 Å². The molecule has 0 saturated carbocycles. The van der Waals surface area contributed by atoms with Crippen LogP contribution in [-0.4, -0.2) is 10.7 Å². The number of rotatable bonds is 3. The zero-order valence-corrected chi connectivity index (χ0v) is 20.6. The topological polar surface area (TPSA) is 28.1 Å². The smallest absolute Gasteiger partial charge is 0.0762 e. The van der Waals surface area contributed by atoms with Crippen LogP contribution in [0.5, 0.6) is 0 Å². The van der Waals surface area contributed by atoms with Crippen molar-refractivity contribution in [3.05, 3.63) is 125 Å². The van der Waals surface area contributed by atoms with E-state index in [0.29, 0.717) is 0 Å². The minimum Gasteiger partial charge on any atom is -0.358 e. The normalized spacial score (nSPS) is 15.0. The van der Waals surface area contributed by atoms with Gasteiger partial charge in [0.05, 0.1) is 11.4 Å². The summed E-state index contributed by atoms with van der Waals surface area (Å²) in [5, 5.41) is 5.00. The van der Waals surface area contributed by atoms with Crippen LogP contribution >= 0.6 is 0 Å². The van der Waals surface area contributed by atoms with Gasteiger partial charge in [0.1, 0.15) is 0 Å². The lowest BCUT2D eigenvalue weighted by molar-refractivity contribution is 1.21. The van der Waals surface area contributed by atoms with Crippen molar-refractivity contribution >= 4 is 32.8 Å². The van der Waals surface area contributed by atoms with E-state index in [4.69, 9.17) is 4.99 Å². The Balaban J connectivity index is 1.85. The Morgan fingerprint density at radius 1 is 0.686 bits per heavy atom. The third kappa shape index (κ3) is 3.45. The van der Waals surface area contributed by atoms with Crippen molar-refractivity contribution < 1.29 is 0 Å². The van der Waals surface area contributed by atoms with Gasteiger partial charge in [-0.15, -0.1) is 0 Å². The van der Waals surface area contributed by atoms with Crippen molar-refractivity contribution in [1.29, 1.82) is 0 Å². The second-order valence-electron chi connectivity index (χ2n) is 9.52. The lowest BCUT2D eigenvalue weighted by Crippen LogP contribution is -2.00. The number of nitrogens with zero attached hydrogens (tertiary/aromatic N) is 1. The highest BCUT2D eigenvalue weighted by Gasteiger charge is 2.25. The summed E-state index contributed by atoms with van der Waals surface area (Å²) in [6, 6.07) is 30.6. The van der Waals surface area contributed by atoms with Crippen LogP contribution in [0.1, 0.15) is 36.4 Å². The van der Waals surface area contributed by atoms with Gasteiger partial charge in [-0.1, -0.05) is 78.9 Å². The van der Waals surface area contributed by atoms with Crippen molar-refractivity contribution in [3.8, 4) is 11.1 Å². The molecule has 0 fully saturated rings. The number of benzene rings is 4. The van der Waals surface area contributed by atoms with Crippen molar-refractivity contribution in [2.75, 3.05) is 0 Å².